The zero-order chi connectivity index (χ0) is 22.6. The van der Waals surface area contributed by atoms with Crippen LogP contribution < -0.4 is 0 Å². The summed E-state index contributed by atoms with van der Waals surface area (Å²) in [5, 5.41) is 10.4. The third kappa shape index (κ3) is 2.82. The molecular formula is C29H43NO3. The van der Waals surface area contributed by atoms with Crippen LogP contribution in [0.3, 0.4) is 0 Å². The minimum absolute atomic E-state index is 0.143. The standard InChI is InChI=1S/C29H43NO3/c1-30(23-5-3-2-4-6-23)24(31)26-9-19-7-20(10-26)14-28(13-19,17-26)29-15-21-8-22(16-29)12-27(11-21,18-29)25(32)33/h19-23H,2-18H2,1H3,(H,32,33). The predicted molar refractivity (Wildman–Crippen MR) is 126 cm³/mol. The first-order valence-electron chi connectivity index (χ1n) is 14.3. The number of rotatable bonds is 4. The number of carboxylic acid groups (broad SMARTS) is 1. The lowest BCUT2D eigenvalue weighted by atomic mass is 9.31. The summed E-state index contributed by atoms with van der Waals surface area (Å²) in [5.41, 5.74) is -0.166. The third-order valence-corrected chi connectivity index (χ3v) is 12.6. The Morgan fingerprint density at radius 1 is 0.697 bits per heavy atom. The second-order valence-corrected chi connectivity index (χ2v) is 14.6. The Morgan fingerprint density at radius 3 is 1.64 bits per heavy atom. The van der Waals surface area contributed by atoms with Crippen molar-refractivity contribution in [3.8, 4) is 0 Å². The van der Waals surface area contributed by atoms with Crippen molar-refractivity contribution in [2.75, 3.05) is 7.05 Å². The van der Waals surface area contributed by atoms with Gasteiger partial charge >= 0.3 is 5.97 Å². The van der Waals surface area contributed by atoms with Crippen LogP contribution >= 0.6 is 0 Å². The van der Waals surface area contributed by atoms with Gasteiger partial charge in [-0.2, -0.15) is 0 Å². The van der Waals surface area contributed by atoms with Gasteiger partial charge in [0.25, 0.3) is 0 Å². The smallest absolute Gasteiger partial charge is 0.309 e. The molecule has 9 rings (SSSR count). The first-order valence-corrected chi connectivity index (χ1v) is 14.3. The van der Waals surface area contributed by atoms with Gasteiger partial charge in [-0.3, -0.25) is 9.59 Å². The molecule has 4 unspecified atom stereocenters. The molecule has 0 aromatic rings. The molecule has 9 saturated carbocycles. The molecule has 182 valence electrons. The monoisotopic (exact) mass is 453 g/mol. The maximum Gasteiger partial charge on any atom is 0.309 e. The topological polar surface area (TPSA) is 57.6 Å². The molecule has 0 aromatic heterocycles. The van der Waals surface area contributed by atoms with Crippen LogP contribution in [0.4, 0.5) is 0 Å². The van der Waals surface area contributed by atoms with Crippen molar-refractivity contribution >= 4 is 11.9 Å². The molecule has 9 aliphatic rings. The van der Waals surface area contributed by atoms with Crippen molar-refractivity contribution in [1.82, 2.24) is 4.90 Å². The van der Waals surface area contributed by atoms with Gasteiger partial charge in [-0.05, 0) is 124 Å². The van der Waals surface area contributed by atoms with Crippen molar-refractivity contribution in [3.63, 3.8) is 0 Å². The van der Waals surface area contributed by atoms with Crippen LogP contribution in [0.5, 0.6) is 0 Å². The van der Waals surface area contributed by atoms with E-state index in [0.717, 1.165) is 38.5 Å². The highest BCUT2D eigenvalue weighted by atomic mass is 16.4. The molecule has 1 N–H and O–H groups in total. The van der Waals surface area contributed by atoms with E-state index in [0.29, 0.717) is 35.6 Å². The predicted octanol–water partition coefficient (Wildman–Crippen LogP) is 6.04. The molecule has 0 spiro atoms. The fraction of sp³-hybridized carbons (Fsp3) is 0.931. The molecule has 0 radical (unpaired) electrons. The molecule has 4 heteroatoms. The molecular weight excluding hydrogens is 410 g/mol. The summed E-state index contributed by atoms with van der Waals surface area (Å²) in [7, 11) is 2.12. The van der Waals surface area contributed by atoms with Gasteiger partial charge in [0.1, 0.15) is 0 Å². The molecule has 9 fully saturated rings. The largest absolute Gasteiger partial charge is 0.481 e. The van der Waals surface area contributed by atoms with Crippen LogP contribution in [0.25, 0.3) is 0 Å². The van der Waals surface area contributed by atoms with E-state index in [4.69, 9.17) is 0 Å². The number of aliphatic carboxylic acids is 1. The number of hydrogen-bond donors (Lipinski definition) is 1. The lowest BCUT2D eigenvalue weighted by molar-refractivity contribution is -0.240. The average Bonchev–Trinajstić information content (AvgIpc) is 2.77. The Balaban J connectivity index is 1.24. The molecule has 0 heterocycles. The SMILES string of the molecule is CN(C(=O)C12CC3CC(C1)CC(C14CC5CC(CC(C(=O)O)(C5)C1)C4)(C3)C2)C1CCCCC1. The Labute approximate surface area is 199 Å². The summed E-state index contributed by atoms with van der Waals surface area (Å²) in [6.07, 6.45) is 20.1. The minimum Gasteiger partial charge on any atom is -0.481 e. The second-order valence-electron chi connectivity index (χ2n) is 14.6. The number of hydrogen-bond acceptors (Lipinski definition) is 2. The summed E-state index contributed by atoms with van der Waals surface area (Å²) < 4.78 is 0. The van der Waals surface area contributed by atoms with E-state index in [2.05, 4.69) is 11.9 Å². The van der Waals surface area contributed by atoms with Crippen molar-refractivity contribution in [2.24, 2.45) is 45.3 Å². The summed E-state index contributed by atoms with van der Waals surface area (Å²) in [6.45, 7) is 0. The van der Waals surface area contributed by atoms with Crippen LogP contribution in [0.1, 0.15) is 109 Å². The van der Waals surface area contributed by atoms with Crippen LogP contribution in [-0.4, -0.2) is 35.0 Å². The van der Waals surface area contributed by atoms with Gasteiger partial charge in [-0.15, -0.1) is 0 Å². The highest BCUT2D eigenvalue weighted by molar-refractivity contribution is 5.83. The summed E-state index contributed by atoms with van der Waals surface area (Å²) in [6, 6.07) is 0.449. The maximum atomic E-state index is 14.3. The minimum atomic E-state index is -0.506. The summed E-state index contributed by atoms with van der Waals surface area (Å²) in [4.78, 5) is 29.1. The van der Waals surface area contributed by atoms with Crippen LogP contribution in [-0.2, 0) is 9.59 Å². The van der Waals surface area contributed by atoms with E-state index in [1.165, 1.54) is 70.6 Å². The number of carbonyl (C=O) groups excluding carboxylic acids is 1. The van der Waals surface area contributed by atoms with Crippen LogP contribution in [0, 0.1) is 45.3 Å². The Kier molecular flexibility index (Phi) is 4.37. The lowest BCUT2D eigenvalue weighted by Crippen LogP contribution is -2.67. The molecule has 4 atom stereocenters. The Bertz CT molecular complexity index is 844. The summed E-state index contributed by atoms with van der Waals surface area (Å²) >= 11 is 0. The quantitative estimate of drug-likeness (QED) is 0.565. The van der Waals surface area contributed by atoms with Gasteiger partial charge in [0.2, 0.25) is 5.91 Å². The van der Waals surface area contributed by atoms with E-state index in [1.54, 1.807) is 0 Å². The van der Waals surface area contributed by atoms with Gasteiger partial charge < -0.3 is 10.0 Å². The van der Waals surface area contributed by atoms with E-state index in [-0.39, 0.29) is 16.2 Å². The van der Waals surface area contributed by atoms with Crippen molar-refractivity contribution in [3.05, 3.63) is 0 Å². The van der Waals surface area contributed by atoms with Gasteiger partial charge in [0, 0.05) is 13.1 Å². The van der Waals surface area contributed by atoms with E-state index < -0.39 is 11.4 Å². The molecule has 4 nitrogen and oxygen atoms in total. The molecule has 33 heavy (non-hydrogen) atoms. The van der Waals surface area contributed by atoms with Gasteiger partial charge in [-0.25, -0.2) is 0 Å². The first kappa shape index (κ1) is 21.2. The Morgan fingerprint density at radius 2 is 1.15 bits per heavy atom. The molecule has 1 amide bonds. The molecule has 8 bridgehead atoms. The van der Waals surface area contributed by atoms with E-state index in [1.807, 2.05) is 0 Å². The molecule has 9 aliphatic carbocycles. The number of carbonyl (C=O) groups is 2. The zero-order valence-corrected chi connectivity index (χ0v) is 20.6. The van der Waals surface area contributed by atoms with Crippen molar-refractivity contribution in [1.29, 1.82) is 0 Å². The highest BCUT2D eigenvalue weighted by Gasteiger charge is 2.72. The lowest BCUT2D eigenvalue weighted by Gasteiger charge is -2.73. The fourth-order valence-electron chi connectivity index (χ4n) is 12.3. The first-order chi connectivity index (χ1) is 15.8. The van der Waals surface area contributed by atoms with E-state index in [9.17, 15) is 14.7 Å². The van der Waals surface area contributed by atoms with E-state index >= 15 is 0 Å². The summed E-state index contributed by atoms with van der Waals surface area (Å²) in [5.74, 6) is 2.60. The van der Waals surface area contributed by atoms with Crippen LogP contribution in [0.2, 0.25) is 0 Å². The second kappa shape index (κ2) is 6.78. The molecule has 0 aliphatic heterocycles. The van der Waals surface area contributed by atoms with Gasteiger partial charge in [0.05, 0.1) is 10.8 Å². The molecule has 0 saturated heterocycles. The highest BCUT2D eigenvalue weighted by Crippen LogP contribution is 2.78. The normalized spacial score (nSPS) is 52.3. The molecule has 0 aromatic carbocycles. The van der Waals surface area contributed by atoms with Crippen molar-refractivity contribution < 1.29 is 14.7 Å². The number of carboxylic acids is 1. The van der Waals surface area contributed by atoms with Gasteiger partial charge in [-0.1, -0.05) is 19.3 Å². The third-order valence-electron chi connectivity index (χ3n) is 12.6. The Hall–Kier alpha value is -1.06. The van der Waals surface area contributed by atoms with Gasteiger partial charge in [0.15, 0.2) is 0 Å². The van der Waals surface area contributed by atoms with Crippen LogP contribution in [0.15, 0.2) is 0 Å². The van der Waals surface area contributed by atoms with Crippen molar-refractivity contribution in [2.45, 2.75) is 115 Å². The average molecular weight is 454 g/mol. The number of amides is 1. The maximum absolute atomic E-state index is 14.3. The zero-order valence-electron chi connectivity index (χ0n) is 20.6. The number of nitrogens with zero attached hydrogens (tertiary/aromatic N) is 1. The fourth-order valence-corrected chi connectivity index (χ4v) is 12.3.